The smallest absolute Gasteiger partial charge is 0.337 e. The molecule has 0 spiro atoms. The van der Waals surface area contributed by atoms with Crippen molar-refractivity contribution in [1.82, 2.24) is 5.32 Å². The lowest BCUT2D eigenvalue weighted by Crippen LogP contribution is -2.44. The van der Waals surface area contributed by atoms with E-state index in [9.17, 15) is 14.4 Å². The lowest BCUT2D eigenvalue weighted by atomic mass is 10.1. The molecule has 2 aromatic carbocycles. The van der Waals surface area contributed by atoms with Crippen molar-refractivity contribution in [3.05, 3.63) is 65.7 Å². The number of carbonyl (C=O) groups excluding carboxylic acids is 3. The van der Waals surface area contributed by atoms with Gasteiger partial charge in [0.2, 0.25) is 0 Å². The van der Waals surface area contributed by atoms with Crippen LogP contribution < -0.4 is 10.1 Å². The summed E-state index contributed by atoms with van der Waals surface area (Å²) in [5, 5.41) is 2.68. The standard InChI is InChI=1S/C22H25NO6S/c1-27-21(25)17-10-8-16(9-11-17)14-29-22(26)19(12-13-30-2)23-20(24)15-28-18-6-4-3-5-7-18/h3-11,19H,12-15H2,1-2H3,(H,23,24)/t19-/m1/s1. The molecule has 0 aliphatic rings. The minimum absolute atomic E-state index is 0.0342. The third-order valence-electron chi connectivity index (χ3n) is 4.10. The number of thioether (sulfide) groups is 1. The summed E-state index contributed by atoms with van der Waals surface area (Å²) in [6.07, 6.45) is 2.37. The second-order valence-electron chi connectivity index (χ2n) is 6.30. The maximum atomic E-state index is 12.5. The molecule has 0 aromatic heterocycles. The highest BCUT2D eigenvalue weighted by Gasteiger charge is 2.22. The molecule has 0 radical (unpaired) electrons. The lowest BCUT2D eigenvalue weighted by molar-refractivity contribution is -0.149. The molecule has 0 saturated carbocycles. The SMILES string of the molecule is COC(=O)c1ccc(COC(=O)[C@@H](CCSC)NC(=O)COc2ccccc2)cc1. The fraction of sp³-hybridized carbons (Fsp3) is 0.318. The molecule has 0 aliphatic carbocycles. The lowest BCUT2D eigenvalue weighted by Gasteiger charge is -2.17. The molecule has 1 atom stereocenters. The van der Waals surface area contributed by atoms with E-state index in [-0.39, 0.29) is 13.2 Å². The largest absolute Gasteiger partial charge is 0.484 e. The van der Waals surface area contributed by atoms with Crippen molar-refractivity contribution in [2.24, 2.45) is 0 Å². The Bertz CT molecular complexity index is 825. The van der Waals surface area contributed by atoms with Crippen LogP contribution in [0.4, 0.5) is 0 Å². The van der Waals surface area contributed by atoms with Crippen molar-refractivity contribution >= 4 is 29.6 Å². The summed E-state index contributed by atoms with van der Waals surface area (Å²) in [6.45, 7) is -0.158. The third kappa shape index (κ3) is 7.79. The van der Waals surface area contributed by atoms with Gasteiger partial charge in [-0.15, -0.1) is 0 Å². The normalized spacial score (nSPS) is 11.3. The summed E-state index contributed by atoms with van der Waals surface area (Å²) < 4.78 is 15.4. The first-order chi connectivity index (χ1) is 14.5. The average molecular weight is 432 g/mol. The van der Waals surface area contributed by atoms with Gasteiger partial charge in [0, 0.05) is 0 Å². The van der Waals surface area contributed by atoms with Crippen LogP contribution in [0.15, 0.2) is 54.6 Å². The van der Waals surface area contributed by atoms with Crippen LogP contribution in [0.5, 0.6) is 5.75 Å². The molecular weight excluding hydrogens is 406 g/mol. The van der Waals surface area contributed by atoms with Gasteiger partial charge in [-0.3, -0.25) is 4.79 Å². The van der Waals surface area contributed by atoms with Crippen molar-refractivity contribution in [2.45, 2.75) is 19.1 Å². The molecule has 0 bridgehead atoms. The Kier molecular flexibility index (Phi) is 9.73. The van der Waals surface area contributed by atoms with Gasteiger partial charge in [0.25, 0.3) is 5.91 Å². The second-order valence-corrected chi connectivity index (χ2v) is 7.29. The maximum absolute atomic E-state index is 12.5. The van der Waals surface area contributed by atoms with E-state index in [2.05, 4.69) is 10.1 Å². The molecule has 0 heterocycles. The van der Waals surface area contributed by atoms with Gasteiger partial charge in [-0.2, -0.15) is 11.8 Å². The molecule has 30 heavy (non-hydrogen) atoms. The number of nitrogens with one attached hydrogen (secondary N) is 1. The van der Waals surface area contributed by atoms with Crippen LogP contribution in [-0.2, 0) is 25.7 Å². The van der Waals surface area contributed by atoms with E-state index in [1.165, 1.54) is 7.11 Å². The number of benzene rings is 2. The quantitative estimate of drug-likeness (QED) is 0.547. The van der Waals surface area contributed by atoms with E-state index >= 15 is 0 Å². The highest BCUT2D eigenvalue weighted by Crippen LogP contribution is 2.10. The van der Waals surface area contributed by atoms with E-state index in [1.54, 1.807) is 48.2 Å². The summed E-state index contributed by atoms with van der Waals surface area (Å²) in [6, 6.07) is 14.8. The van der Waals surface area contributed by atoms with Crippen LogP contribution in [0.3, 0.4) is 0 Å². The topological polar surface area (TPSA) is 90.9 Å². The Morgan fingerprint density at radius 3 is 2.37 bits per heavy atom. The van der Waals surface area contributed by atoms with Gasteiger partial charge in [-0.25, -0.2) is 9.59 Å². The number of esters is 2. The molecule has 7 nitrogen and oxygen atoms in total. The van der Waals surface area contributed by atoms with Crippen molar-refractivity contribution in [3.8, 4) is 5.75 Å². The van der Waals surface area contributed by atoms with Gasteiger partial charge < -0.3 is 19.5 Å². The molecule has 2 rings (SSSR count). The molecular formula is C22H25NO6S. The average Bonchev–Trinajstić information content (AvgIpc) is 2.79. The minimum atomic E-state index is -0.765. The Hall–Kier alpha value is -3.00. The van der Waals surface area contributed by atoms with Gasteiger partial charge in [0.1, 0.15) is 18.4 Å². The zero-order chi connectivity index (χ0) is 21.8. The Morgan fingerprint density at radius 1 is 1.03 bits per heavy atom. The number of amides is 1. The zero-order valence-corrected chi connectivity index (χ0v) is 17.8. The van der Waals surface area contributed by atoms with Gasteiger partial charge in [-0.05, 0) is 48.3 Å². The van der Waals surface area contributed by atoms with Crippen LogP contribution in [-0.4, -0.2) is 49.6 Å². The van der Waals surface area contributed by atoms with Crippen LogP contribution in [0, 0.1) is 0 Å². The van der Waals surface area contributed by atoms with Crippen LogP contribution in [0.25, 0.3) is 0 Å². The number of methoxy groups -OCH3 is 1. The Balaban J connectivity index is 1.87. The highest BCUT2D eigenvalue weighted by molar-refractivity contribution is 7.98. The minimum Gasteiger partial charge on any atom is -0.484 e. The molecule has 0 fully saturated rings. The number of ether oxygens (including phenoxy) is 3. The number of hydrogen-bond acceptors (Lipinski definition) is 7. The van der Waals surface area contributed by atoms with Gasteiger partial charge >= 0.3 is 11.9 Å². The first kappa shape index (κ1) is 23.3. The van der Waals surface area contributed by atoms with E-state index in [4.69, 9.17) is 9.47 Å². The molecule has 1 amide bonds. The summed E-state index contributed by atoms with van der Waals surface area (Å²) in [5.74, 6) is -0.0890. The van der Waals surface area contributed by atoms with Crippen molar-refractivity contribution in [1.29, 1.82) is 0 Å². The van der Waals surface area contributed by atoms with Gasteiger partial charge in [0.05, 0.1) is 12.7 Å². The van der Waals surface area contributed by atoms with Crippen molar-refractivity contribution < 1.29 is 28.6 Å². The van der Waals surface area contributed by atoms with Gasteiger partial charge in [-0.1, -0.05) is 30.3 Å². The monoisotopic (exact) mass is 431 g/mol. The molecule has 1 N–H and O–H groups in total. The zero-order valence-electron chi connectivity index (χ0n) is 17.0. The molecule has 160 valence electrons. The fourth-order valence-corrected chi connectivity index (χ4v) is 2.97. The predicted octanol–water partition coefficient (Wildman–Crippen LogP) is 2.83. The van der Waals surface area contributed by atoms with Crippen molar-refractivity contribution in [3.63, 3.8) is 0 Å². The van der Waals surface area contributed by atoms with E-state index in [0.29, 0.717) is 23.5 Å². The molecule has 0 aliphatic heterocycles. The van der Waals surface area contributed by atoms with E-state index in [1.807, 2.05) is 24.5 Å². The van der Waals surface area contributed by atoms with Crippen LogP contribution in [0.2, 0.25) is 0 Å². The highest BCUT2D eigenvalue weighted by atomic mass is 32.2. The summed E-state index contributed by atoms with van der Waals surface area (Å²) >= 11 is 1.57. The summed E-state index contributed by atoms with van der Waals surface area (Å²) in [5.41, 5.74) is 1.13. The Morgan fingerprint density at radius 2 is 1.73 bits per heavy atom. The van der Waals surface area contributed by atoms with E-state index in [0.717, 1.165) is 5.56 Å². The molecule has 2 aromatic rings. The van der Waals surface area contributed by atoms with E-state index < -0.39 is 23.9 Å². The van der Waals surface area contributed by atoms with Gasteiger partial charge in [0.15, 0.2) is 6.61 Å². The second kappa shape index (κ2) is 12.5. The summed E-state index contributed by atoms with van der Waals surface area (Å²) in [7, 11) is 1.31. The fourth-order valence-electron chi connectivity index (χ4n) is 2.50. The molecule has 0 unspecified atom stereocenters. The number of para-hydroxylation sites is 1. The third-order valence-corrected chi connectivity index (χ3v) is 4.74. The predicted molar refractivity (Wildman–Crippen MR) is 114 cm³/mol. The van der Waals surface area contributed by atoms with Crippen molar-refractivity contribution in [2.75, 3.05) is 25.7 Å². The molecule has 8 heteroatoms. The maximum Gasteiger partial charge on any atom is 0.337 e. The number of carbonyl (C=O) groups is 3. The van der Waals surface area contributed by atoms with Crippen LogP contribution >= 0.6 is 11.8 Å². The first-order valence-corrected chi connectivity index (χ1v) is 10.7. The summed E-state index contributed by atoms with van der Waals surface area (Å²) in [4.78, 5) is 36.2. The van der Waals surface area contributed by atoms with Crippen LogP contribution in [0.1, 0.15) is 22.3 Å². The Labute approximate surface area is 180 Å². The number of rotatable bonds is 11. The molecule has 0 saturated heterocycles. The first-order valence-electron chi connectivity index (χ1n) is 9.33. The number of hydrogen-bond donors (Lipinski definition) is 1.